The lowest BCUT2D eigenvalue weighted by atomic mass is 9.75. The van der Waals surface area contributed by atoms with Crippen molar-refractivity contribution in [1.29, 1.82) is 5.41 Å². The van der Waals surface area contributed by atoms with Crippen LogP contribution in [-0.2, 0) is 15.1 Å². The zero-order valence-corrected chi connectivity index (χ0v) is 23.4. The number of benzene rings is 1. The average Bonchev–Trinajstić information content (AvgIpc) is 2.95. The highest BCUT2D eigenvalue weighted by molar-refractivity contribution is 6.11. The molecule has 2 aromatic rings. The van der Waals surface area contributed by atoms with Crippen LogP contribution in [0.4, 0.5) is 11.4 Å². The van der Waals surface area contributed by atoms with Gasteiger partial charge < -0.3 is 25.2 Å². The maximum absolute atomic E-state index is 12.1. The summed E-state index contributed by atoms with van der Waals surface area (Å²) in [6.45, 7) is 4.87. The van der Waals surface area contributed by atoms with Crippen LogP contribution in [-0.4, -0.2) is 41.2 Å². The summed E-state index contributed by atoms with van der Waals surface area (Å²) >= 11 is 0. The number of pyridine rings is 1. The number of hydrogen-bond acceptors (Lipinski definition) is 7. The fourth-order valence-electron chi connectivity index (χ4n) is 5.64. The Bertz CT molecular complexity index is 1090. The molecule has 0 aliphatic heterocycles. The number of carbonyl (C=O) groups is 1. The van der Waals surface area contributed by atoms with Gasteiger partial charge in [0.25, 0.3) is 0 Å². The lowest BCUT2D eigenvalue weighted by Gasteiger charge is -2.35. The van der Waals surface area contributed by atoms with E-state index in [-0.39, 0.29) is 17.7 Å². The van der Waals surface area contributed by atoms with Crippen LogP contribution in [0.1, 0.15) is 95.6 Å². The van der Waals surface area contributed by atoms with E-state index in [0.717, 1.165) is 42.6 Å². The molecule has 2 saturated carbocycles. The van der Waals surface area contributed by atoms with Gasteiger partial charge in [-0.3, -0.25) is 10.2 Å². The van der Waals surface area contributed by atoms with Gasteiger partial charge in [-0.1, -0.05) is 44.7 Å². The third kappa shape index (κ3) is 7.50. The second kappa shape index (κ2) is 13.8. The van der Waals surface area contributed by atoms with Crippen molar-refractivity contribution in [2.24, 2.45) is 5.92 Å². The van der Waals surface area contributed by atoms with E-state index in [0.29, 0.717) is 56.4 Å². The number of unbranched alkanes of at least 4 members (excludes halogenated alkanes) is 1. The predicted octanol–water partition coefficient (Wildman–Crippen LogP) is 6.38. The molecule has 4 N–H and O–H groups in total. The molecule has 0 unspecified atom stereocenters. The minimum absolute atomic E-state index is 0.142. The summed E-state index contributed by atoms with van der Waals surface area (Å²) in [5, 5.41) is 27.2. The number of carbonyl (C=O) groups excluding carboxylic acids is 1. The van der Waals surface area contributed by atoms with Crippen LogP contribution < -0.4 is 15.4 Å². The minimum atomic E-state index is -0.963. The van der Waals surface area contributed by atoms with Crippen molar-refractivity contribution in [1.82, 2.24) is 4.98 Å². The summed E-state index contributed by atoms with van der Waals surface area (Å²) in [6, 6.07) is 9.91. The standard InChI is InChI=1S/C31H44N4O4/c1-3-5-21-39-29-27(26(17-20-33-29)34-24-9-7-6-8-10-24)28(32)35-25-13-11-23(12-14-25)31(37)18-15-22(16-19-31)30(36)38-4-2/h11-14,17,20,22,24,37H,3-10,15-16,18-19,21H2,1-2H3,(H2,32,35)(H,33,34)/t22-,31+. The zero-order valence-electron chi connectivity index (χ0n) is 23.4. The number of anilines is 2. The normalized spacial score (nSPS) is 21.7. The third-order valence-electron chi connectivity index (χ3n) is 7.99. The highest BCUT2D eigenvalue weighted by atomic mass is 16.5. The zero-order chi connectivity index (χ0) is 27.7. The first kappa shape index (κ1) is 28.9. The molecule has 2 aliphatic rings. The Morgan fingerprint density at radius 1 is 1.08 bits per heavy atom. The highest BCUT2D eigenvalue weighted by Crippen LogP contribution is 2.40. The number of aliphatic hydroxyl groups is 1. The Labute approximate surface area is 232 Å². The molecule has 212 valence electrons. The van der Waals surface area contributed by atoms with E-state index < -0.39 is 5.60 Å². The first-order valence-corrected chi connectivity index (χ1v) is 14.7. The number of rotatable bonds is 11. The first-order valence-electron chi connectivity index (χ1n) is 14.7. The number of hydrogen-bond donors (Lipinski definition) is 4. The molecular weight excluding hydrogens is 492 g/mol. The summed E-state index contributed by atoms with van der Waals surface area (Å²) in [4.78, 5) is 16.6. The topological polar surface area (TPSA) is 117 Å². The van der Waals surface area contributed by atoms with Crippen LogP contribution in [0.2, 0.25) is 0 Å². The predicted molar refractivity (Wildman–Crippen MR) is 155 cm³/mol. The summed E-state index contributed by atoms with van der Waals surface area (Å²) < 4.78 is 11.2. The van der Waals surface area contributed by atoms with Crippen molar-refractivity contribution in [3.05, 3.63) is 47.7 Å². The molecule has 4 rings (SSSR count). The SMILES string of the molecule is CCCCOc1nccc(NC2CCCCC2)c1C(=N)Nc1ccc([C@]2(O)CC[C@@H](C(=O)OCC)CC2)cc1. The fraction of sp³-hybridized carbons (Fsp3) is 0.581. The van der Waals surface area contributed by atoms with E-state index in [1.807, 2.05) is 37.3 Å². The number of nitrogens with zero attached hydrogens (tertiary/aromatic N) is 1. The van der Waals surface area contributed by atoms with E-state index in [4.69, 9.17) is 14.9 Å². The van der Waals surface area contributed by atoms with Crippen molar-refractivity contribution in [2.75, 3.05) is 23.8 Å². The van der Waals surface area contributed by atoms with Crippen LogP contribution in [0.25, 0.3) is 0 Å². The molecule has 1 aromatic carbocycles. The summed E-state index contributed by atoms with van der Waals surface area (Å²) in [5.41, 5.74) is 2.12. The van der Waals surface area contributed by atoms with E-state index >= 15 is 0 Å². The molecule has 2 fully saturated rings. The molecule has 2 aliphatic carbocycles. The van der Waals surface area contributed by atoms with Crippen molar-refractivity contribution < 1.29 is 19.4 Å². The summed E-state index contributed by atoms with van der Waals surface area (Å²) in [6.07, 6.45) is 11.9. The van der Waals surface area contributed by atoms with Gasteiger partial charge in [0, 0.05) is 17.9 Å². The van der Waals surface area contributed by atoms with Gasteiger partial charge >= 0.3 is 5.97 Å². The monoisotopic (exact) mass is 536 g/mol. The molecule has 0 radical (unpaired) electrons. The quantitative estimate of drug-likeness (QED) is 0.114. The number of nitrogens with one attached hydrogen (secondary N) is 3. The van der Waals surface area contributed by atoms with Gasteiger partial charge in [-0.05, 0) is 75.6 Å². The van der Waals surface area contributed by atoms with Gasteiger partial charge in [-0.15, -0.1) is 0 Å². The molecular formula is C31H44N4O4. The second-order valence-corrected chi connectivity index (χ2v) is 10.9. The fourth-order valence-corrected chi connectivity index (χ4v) is 5.64. The maximum atomic E-state index is 12.1. The van der Waals surface area contributed by atoms with Gasteiger partial charge in [-0.25, -0.2) is 4.98 Å². The number of amidine groups is 1. The van der Waals surface area contributed by atoms with Gasteiger partial charge in [0.05, 0.1) is 30.4 Å². The Kier molecular flexibility index (Phi) is 10.2. The molecule has 0 atom stereocenters. The first-order chi connectivity index (χ1) is 18.9. The highest BCUT2D eigenvalue weighted by Gasteiger charge is 2.37. The molecule has 8 heteroatoms. The molecule has 0 saturated heterocycles. The van der Waals surface area contributed by atoms with Crippen LogP contribution in [0, 0.1) is 11.3 Å². The Morgan fingerprint density at radius 3 is 2.46 bits per heavy atom. The number of ether oxygens (including phenoxy) is 2. The lowest BCUT2D eigenvalue weighted by Crippen LogP contribution is -2.34. The van der Waals surface area contributed by atoms with Crippen molar-refractivity contribution in [3.8, 4) is 5.88 Å². The summed E-state index contributed by atoms with van der Waals surface area (Å²) in [7, 11) is 0. The van der Waals surface area contributed by atoms with E-state index in [1.165, 1.54) is 19.3 Å². The van der Waals surface area contributed by atoms with E-state index in [1.54, 1.807) is 6.20 Å². The summed E-state index contributed by atoms with van der Waals surface area (Å²) in [5.74, 6) is 0.375. The van der Waals surface area contributed by atoms with Gasteiger partial charge in [0.15, 0.2) is 0 Å². The molecule has 1 heterocycles. The van der Waals surface area contributed by atoms with Crippen LogP contribution in [0.5, 0.6) is 5.88 Å². The Hall–Kier alpha value is -3.13. The van der Waals surface area contributed by atoms with Gasteiger partial charge in [0.2, 0.25) is 5.88 Å². The largest absolute Gasteiger partial charge is 0.477 e. The van der Waals surface area contributed by atoms with Crippen LogP contribution in [0.15, 0.2) is 36.5 Å². The van der Waals surface area contributed by atoms with Crippen LogP contribution >= 0.6 is 0 Å². The third-order valence-corrected chi connectivity index (χ3v) is 7.99. The number of esters is 1. The molecule has 1 aromatic heterocycles. The molecule has 0 spiro atoms. The van der Waals surface area contributed by atoms with Crippen LogP contribution in [0.3, 0.4) is 0 Å². The molecule has 39 heavy (non-hydrogen) atoms. The van der Waals surface area contributed by atoms with Gasteiger partial charge in [0.1, 0.15) is 11.4 Å². The minimum Gasteiger partial charge on any atom is -0.477 e. The Morgan fingerprint density at radius 2 is 1.79 bits per heavy atom. The molecule has 0 amide bonds. The number of aromatic nitrogens is 1. The van der Waals surface area contributed by atoms with E-state index in [2.05, 4.69) is 22.5 Å². The Balaban J connectivity index is 1.46. The molecule has 8 nitrogen and oxygen atoms in total. The van der Waals surface area contributed by atoms with Gasteiger partial charge in [-0.2, -0.15) is 0 Å². The van der Waals surface area contributed by atoms with Crippen molar-refractivity contribution >= 4 is 23.2 Å². The maximum Gasteiger partial charge on any atom is 0.308 e. The van der Waals surface area contributed by atoms with E-state index in [9.17, 15) is 9.90 Å². The van der Waals surface area contributed by atoms with Crippen molar-refractivity contribution in [2.45, 2.75) is 96.1 Å². The lowest BCUT2D eigenvalue weighted by molar-refractivity contribution is -0.151. The molecule has 0 bridgehead atoms. The second-order valence-electron chi connectivity index (χ2n) is 10.9. The van der Waals surface area contributed by atoms with Crippen molar-refractivity contribution in [3.63, 3.8) is 0 Å². The smallest absolute Gasteiger partial charge is 0.308 e. The average molecular weight is 537 g/mol.